The summed E-state index contributed by atoms with van der Waals surface area (Å²) in [6.45, 7) is 0.401. The summed E-state index contributed by atoms with van der Waals surface area (Å²) in [5.41, 5.74) is 1.45. The van der Waals surface area contributed by atoms with Gasteiger partial charge < -0.3 is 5.32 Å². The van der Waals surface area contributed by atoms with Gasteiger partial charge in [-0.2, -0.15) is 0 Å². The molecule has 0 atom stereocenters. The molecule has 2 aromatic rings. The number of anilines is 2. The van der Waals surface area contributed by atoms with Crippen LogP contribution in [0.15, 0.2) is 36.4 Å². The molecule has 25 heavy (non-hydrogen) atoms. The Morgan fingerprint density at radius 3 is 2.60 bits per heavy atom. The van der Waals surface area contributed by atoms with E-state index in [9.17, 15) is 22.0 Å². The summed E-state index contributed by atoms with van der Waals surface area (Å²) >= 11 is 0. The summed E-state index contributed by atoms with van der Waals surface area (Å²) < 4.78 is 51.6. The Morgan fingerprint density at radius 2 is 1.92 bits per heavy atom. The lowest BCUT2D eigenvalue weighted by Gasteiger charge is -2.29. The maximum Gasteiger partial charge on any atom is 0.255 e. The molecule has 0 aliphatic carbocycles. The smallest absolute Gasteiger partial charge is 0.255 e. The van der Waals surface area contributed by atoms with Crippen molar-refractivity contribution in [2.45, 2.75) is 12.8 Å². The van der Waals surface area contributed by atoms with Gasteiger partial charge >= 0.3 is 0 Å². The van der Waals surface area contributed by atoms with E-state index in [0.29, 0.717) is 31.1 Å². The fraction of sp³-hybridized carbons (Fsp3) is 0.235. The van der Waals surface area contributed by atoms with Crippen molar-refractivity contribution >= 4 is 27.3 Å². The van der Waals surface area contributed by atoms with Gasteiger partial charge in [-0.1, -0.05) is 0 Å². The van der Waals surface area contributed by atoms with Crippen molar-refractivity contribution in [3.8, 4) is 0 Å². The number of benzene rings is 2. The Morgan fingerprint density at radius 1 is 1.16 bits per heavy atom. The number of sulfonamides is 1. The molecule has 8 heteroatoms. The maximum absolute atomic E-state index is 13.7. The van der Waals surface area contributed by atoms with Gasteiger partial charge in [0.1, 0.15) is 11.6 Å². The Hall–Kier alpha value is -2.48. The van der Waals surface area contributed by atoms with Crippen LogP contribution in [0.25, 0.3) is 0 Å². The number of carbonyl (C=O) groups is 1. The Labute approximate surface area is 144 Å². The molecule has 0 unspecified atom stereocenters. The minimum Gasteiger partial charge on any atom is -0.319 e. The maximum atomic E-state index is 13.7. The van der Waals surface area contributed by atoms with Crippen LogP contribution in [0.5, 0.6) is 0 Å². The minimum absolute atomic E-state index is 0.123. The van der Waals surface area contributed by atoms with Crippen LogP contribution in [0.3, 0.4) is 0 Å². The molecular weight excluding hydrogens is 350 g/mol. The van der Waals surface area contributed by atoms with Crippen molar-refractivity contribution in [2.75, 3.05) is 22.4 Å². The van der Waals surface area contributed by atoms with E-state index in [1.165, 1.54) is 10.4 Å². The van der Waals surface area contributed by atoms with Crippen LogP contribution < -0.4 is 9.62 Å². The Bertz CT molecular complexity index is 945. The largest absolute Gasteiger partial charge is 0.319 e. The summed E-state index contributed by atoms with van der Waals surface area (Å²) in [4.78, 5) is 12.3. The molecule has 0 saturated heterocycles. The quantitative estimate of drug-likeness (QED) is 0.908. The van der Waals surface area contributed by atoms with Crippen molar-refractivity contribution in [1.29, 1.82) is 0 Å². The highest BCUT2D eigenvalue weighted by molar-refractivity contribution is 7.92. The number of amides is 1. The zero-order valence-corrected chi connectivity index (χ0v) is 14.2. The summed E-state index contributed by atoms with van der Waals surface area (Å²) in [5, 5.41) is 2.39. The number of rotatable bonds is 3. The fourth-order valence-corrected chi connectivity index (χ4v) is 3.83. The first-order valence-corrected chi connectivity index (χ1v) is 9.47. The molecule has 0 bridgehead atoms. The zero-order valence-electron chi connectivity index (χ0n) is 13.4. The SMILES string of the molecule is CS(=O)(=O)N1CCCc2cc(C(=O)Nc3ccc(F)cc3F)ccc21. The van der Waals surface area contributed by atoms with Crippen molar-refractivity contribution in [3.63, 3.8) is 0 Å². The molecular formula is C17H16F2N2O3S. The van der Waals surface area contributed by atoms with Crippen molar-refractivity contribution in [1.82, 2.24) is 0 Å². The van der Waals surface area contributed by atoms with Crippen LogP contribution in [0, 0.1) is 11.6 Å². The van der Waals surface area contributed by atoms with Gasteiger partial charge in [-0.15, -0.1) is 0 Å². The van der Waals surface area contributed by atoms with E-state index in [1.807, 2.05) is 0 Å². The average Bonchev–Trinajstić information content (AvgIpc) is 2.55. The normalized spacial score (nSPS) is 14.1. The Balaban J connectivity index is 1.88. The molecule has 132 valence electrons. The number of halogens is 2. The standard InChI is InChI=1S/C17H16F2N2O3S/c1-25(23,24)21-8-2-3-11-9-12(4-7-16(11)21)17(22)20-15-6-5-13(18)10-14(15)19/h4-7,9-10H,2-3,8H2,1H3,(H,20,22). The molecule has 0 saturated carbocycles. The highest BCUT2D eigenvalue weighted by Crippen LogP contribution is 2.30. The summed E-state index contributed by atoms with van der Waals surface area (Å²) in [7, 11) is -3.38. The van der Waals surface area contributed by atoms with Crippen LogP contribution in [-0.4, -0.2) is 27.1 Å². The van der Waals surface area contributed by atoms with Crippen molar-refractivity contribution in [2.24, 2.45) is 0 Å². The highest BCUT2D eigenvalue weighted by Gasteiger charge is 2.24. The van der Waals surface area contributed by atoms with Gasteiger partial charge in [0.2, 0.25) is 10.0 Å². The van der Waals surface area contributed by atoms with E-state index in [-0.39, 0.29) is 11.3 Å². The van der Waals surface area contributed by atoms with Gasteiger partial charge in [0.25, 0.3) is 5.91 Å². The number of hydrogen-bond acceptors (Lipinski definition) is 3. The molecule has 0 aromatic heterocycles. The molecule has 1 N–H and O–H groups in total. The predicted octanol–water partition coefficient (Wildman–Crippen LogP) is 2.93. The second-order valence-corrected chi connectivity index (χ2v) is 7.77. The molecule has 5 nitrogen and oxygen atoms in total. The minimum atomic E-state index is -3.38. The van der Waals surface area contributed by atoms with Gasteiger partial charge in [-0.05, 0) is 48.7 Å². The number of nitrogens with zero attached hydrogens (tertiary/aromatic N) is 1. The van der Waals surface area contributed by atoms with Crippen LogP contribution in [0.4, 0.5) is 20.2 Å². The molecule has 3 rings (SSSR count). The second kappa shape index (κ2) is 6.44. The van der Waals surface area contributed by atoms with Gasteiger partial charge in [-0.25, -0.2) is 17.2 Å². The zero-order chi connectivity index (χ0) is 18.2. The third kappa shape index (κ3) is 3.63. The Kier molecular flexibility index (Phi) is 4.47. The lowest BCUT2D eigenvalue weighted by atomic mass is 10.0. The number of hydrogen-bond donors (Lipinski definition) is 1. The monoisotopic (exact) mass is 366 g/mol. The molecule has 0 radical (unpaired) electrons. The third-order valence-corrected chi connectivity index (χ3v) is 5.18. The molecule has 1 aliphatic heterocycles. The predicted molar refractivity (Wildman–Crippen MR) is 91.3 cm³/mol. The van der Waals surface area contributed by atoms with E-state index in [0.717, 1.165) is 24.0 Å². The molecule has 0 fully saturated rings. The number of nitrogens with one attached hydrogen (secondary N) is 1. The first-order valence-electron chi connectivity index (χ1n) is 7.63. The third-order valence-electron chi connectivity index (χ3n) is 4.00. The van der Waals surface area contributed by atoms with Gasteiger partial charge in [0.15, 0.2) is 0 Å². The lowest BCUT2D eigenvalue weighted by molar-refractivity contribution is 0.102. The first kappa shape index (κ1) is 17.3. The van der Waals surface area contributed by atoms with Crippen LogP contribution >= 0.6 is 0 Å². The average molecular weight is 366 g/mol. The number of fused-ring (bicyclic) bond motifs is 1. The molecule has 0 spiro atoms. The van der Waals surface area contributed by atoms with Gasteiger partial charge in [0.05, 0.1) is 17.6 Å². The van der Waals surface area contributed by atoms with E-state index in [2.05, 4.69) is 5.32 Å². The first-order chi connectivity index (χ1) is 11.8. The van der Waals surface area contributed by atoms with Crippen molar-refractivity contribution < 1.29 is 22.0 Å². The number of aryl methyl sites for hydroxylation is 1. The summed E-state index contributed by atoms with van der Waals surface area (Å²) in [6.07, 6.45) is 2.44. The molecule has 1 amide bonds. The van der Waals surface area contributed by atoms with Gasteiger partial charge in [0, 0.05) is 18.2 Å². The summed E-state index contributed by atoms with van der Waals surface area (Å²) in [6, 6.07) is 7.54. The van der Waals surface area contributed by atoms with Crippen LogP contribution in [-0.2, 0) is 16.4 Å². The van der Waals surface area contributed by atoms with E-state index >= 15 is 0 Å². The molecule has 2 aromatic carbocycles. The van der Waals surface area contributed by atoms with E-state index in [1.54, 1.807) is 12.1 Å². The van der Waals surface area contributed by atoms with E-state index in [4.69, 9.17) is 0 Å². The van der Waals surface area contributed by atoms with Crippen LogP contribution in [0.2, 0.25) is 0 Å². The number of carbonyl (C=O) groups excluding carboxylic acids is 1. The van der Waals surface area contributed by atoms with Gasteiger partial charge in [-0.3, -0.25) is 9.10 Å². The van der Waals surface area contributed by atoms with Crippen molar-refractivity contribution in [3.05, 3.63) is 59.2 Å². The molecule has 1 aliphatic rings. The highest BCUT2D eigenvalue weighted by atomic mass is 32.2. The second-order valence-electron chi connectivity index (χ2n) is 5.86. The molecule has 1 heterocycles. The van der Waals surface area contributed by atoms with Crippen LogP contribution in [0.1, 0.15) is 22.3 Å². The fourth-order valence-electron chi connectivity index (χ4n) is 2.83. The van der Waals surface area contributed by atoms with E-state index < -0.39 is 27.6 Å². The lowest BCUT2D eigenvalue weighted by Crippen LogP contribution is -2.34. The topological polar surface area (TPSA) is 66.5 Å². The summed E-state index contributed by atoms with van der Waals surface area (Å²) in [5.74, 6) is -2.15.